The van der Waals surface area contributed by atoms with Crippen molar-refractivity contribution in [2.45, 2.75) is 25.8 Å². The number of esters is 1. The van der Waals surface area contributed by atoms with Gasteiger partial charge in [0.25, 0.3) is 0 Å². The average Bonchev–Trinajstić information content (AvgIpc) is 2.47. The van der Waals surface area contributed by atoms with Crippen LogP contribution in [-0.2, 0) is 9.53 Å². The molecule has 0 saturated heterocycles. The van der Waals surface area contributed by atoms with Crippen LogP contribution in [0.4, 0.5) is 5.69 Å². The summed E-state index contributed by atoms with van der Waals surface area (Å²) in [6, 6.07) is 7.85. The van der Waals surface area contributed by atoms with Crippen molar-refractivity contribution in [3.63, 3.8) is 0 Å². The van der Waals surface area contributed by atoms with Crippen LogP contribution in [0.5, 0.6) is 5.75 Å². The van der Waals surface area contributed by atoms with Gasteiger partial charge in [-0.05, 0) is 33.0 Å². The summed E-state index contributed by atoms with van der Waals surface area (Å²) >= 11 is 0. The van der Waals surface area contributed by atoms with E-state index >= 15 is 0 Å². The lowest BCUT2D eigenvalue weighted by molar-refractivity contribution is -0.150. The summed E-state index contributed by atoms with van der Waals surface area (Å²) in [7, 11) is 5.72. The maximum atomic E-state index is 11.9. The van der Waals surface area contributed by atoms with Crippen LogP contribution in [0.2, 0.25) is 0 Å². The normalized spacial score (nSPS) is 13.4. The van der Waals surface area contributed by atoms with Gasteiger partial charge in [0, 0.05) is 32.3 Å². The molecule has 1 unspecified atom stereocenters. The Hall–Kier alpha value is -1.75. The Kier molecular flexibility index (Phi) is 6.49. The maximum Gasteiger partial charge on any atom is 0.326 e. The monoisotopic (exact) mass is 294 g/mol. The molecule has 1 atom stereocenters. The van der Waals surface area contributed by atoms with Gasteiger partial charge in [-0.25, -0.2) is 0 Å². The first-order chi connectivity index (χ1) is 9.92. The highest BCUT2D eigenvalue weighted by Crippen LogP contribution is 2.20. The van der Waals surface area contributed by atoms with Crippen LogP contribution in [0.1, 0.15) is 20.3 Å². The van der Waals surface area contributed by atoms with Crippen molar-refractivity contribution < 1.29 is 14.3 Å². The van der Waals surface area contributed by atoms with E-state index in [0.29, 0.717) is 19.6 Å². The highest BCUT2D eigenvalue weighted by atomic mass is 16.5. The number of rotatable bonds is 8. The van der Waals surface area contributed by atoms with E-state index in [9.17, 15) is 4.79 Å². The van der Waals surface area contributed by atoms with Gasteiger partial charge in [-0.15, -0.1) is 0 Å². The third-order valence-electron chi connectivity index (χ3n) is 3.48. The van der Waals surface area contributed by atoms with Crippen LogP contribution in [-0.4, -0.2) is 45.9 Å². The minimum atomic E-state index is -0.727. The highest BCUT2D eigenvalue weighted by Gasteiger charge is 2.32. The second kappa shape index (κ2) is 7.88. The van der Waals surface area contributed by atoms with Crippen molar-refractivity contribution in [1.82, 2.24) is 5.32 Å². The molecular formula is C16H26N2O3. The molecule has 0 aliphatic heterocycles. The summed E-state index contributed by atoms with van der Waals surface area (Å²) in [6.45, 7) is 4.44. The van der Waals surface area contributed by atoms with Crippen LogP contribution >= 0.6 is 0 Å². The van der Waals surface area contributed by atoms with E-state index in [2.05, 4.69) is 5.32 Å². The minimum absolute atomic E-state index is 0.252. The Morgan fingerprint density at radius 2 is 2.10 bits per heavy atom. The van der Waals surface area contributed by atoms with Crippen molar-refractivity contribution in [2.75, 3.05) is 39.3 Å². The highest BCUT2D eigenvalue weighted by molar-refractivity contribution is 5.80. The number of nitrogens with zero attached hydrogens (tertiary/aromatic N) is 1. The smallest absolute Gasteiger partial charge is 0.326 e. The van der Waals surface area contributed by atoms with E-state index < -0.39 is 5.54 Å². The molecule has 1 N–H and O–H groups in total. The Morgan fingerprint density at radius 1 is 1.38 bits per heavy atom. The van der Waals surface area contributed by atoms with Crippen LogP contribution in [0.25, 0.3) is 0 Å². The topological polar surface area (TPSA) is 50.8 Å². The number of hydrogen-bond acceptors (Lipinski definition) is 5. The molecule has 0 fully saturated rings. The summed E-state index contributed by atoms with van der Waals surface area (Å²) < 4.78 is 10.8. The molecule has 0 aliphatic rings. The third kappa shape index (κ3) is 4.93. The van der Waals surface area contributed by atoms with Crippen LogP contribution in [0.15, 0.2) is 24.3 Å². The summed E-state index contributed by atoms with van der Waals surface area (Å²) in [5, 5.41) is 3.02. The summed E-state index contributed by atoms with van der Waals surface area (Å²) in [5.41, 5.74) is 0.351. The number of likely N-dealkylation sites (N-methyl/N-ethyl adjacent to an activating group) is 1. The second-order valence-corrected chi connectivity index (χ2v) is 5.29. The van der Waals surface area contributed by atoms with Gasteiger partial charge in [0.1, 0.15) is 11.3 Å². The number of benzene rings is 1. The maximum absolute atomic E-state index is 11.9. The van der Waals surface area contributed by atoms with E-state index in [1.165, 1.54) is 0 Å². The number of carbonyl (C=O) groups excluding carboxylic acids is 1. The molecule has 0 aromatic heterocycles. The average molecular weight is 294 g/mol. The molecule has 21 heavy (non-hydrogen) atoms. The summed E-state index contributed by atoms with van der Waals surface area (Å²) in [5.74, 6) is 0.543. The quantitative estimate of drug-likeness (QED) is 0.744. The zero-order chi connectivity index (χ0) is 15.9. The fraction of sp³-hybridized carbons (Fsp3) is 0.562. The predicted molar refractivity (Wildman–Crippen MR) is 85.0 cm³/mol. The van der Waals surface area contributed by atoms with Crippen molar-refractivity contribution in [2.24, 2.45) is 0 Å². The van der Waals surface area contributed by atoms with Gasteiger partial charge in [-0.2, -0.15) is 0 Å². The Balaban J connectivity index is 2.59. The molecule has 0 aliphatic carbocycles. The zero-order valence-corrected chi connectivity index (χ0v) is 13.6. The van der Waals surface area contributed by atoms with Crippen LogP contribution in [0, 0.1) is 0 Å². The summed E-state index contributed by atoms with van der Waals surface area (Å²) in [4.78, 5) is 14.0. The van der Waals surface area contributed by atoms with Crippen LogP contribution < -0.4 is 15.0 Å². The molecule has 0 saturated carbocycles. The zero-order valence-electron chi connectivity index (χ0n) is 13.6. The van der Waals surface area contributed by atoms with Crippen molar-refractivity contribution in [3.05, 3.63) is 24.3 Å². The van der Waals surface area contributed by atoms with E-state index in [-0.39, 0.29) is 5.97 Å². The van der Waals surface area contributed by atoms with Crippen molar-refractivity contribution in [1.29, 1.82) is 0 Å². The van der Waals surface area contributed by atoms with Gasteiger partial charge in [0.05, 0.1) is 13.2 Å². The Morgan fingerprint density at radius 3 is 2.67 bits per heavy atom. The largest absolute Gasteiger partial charge is 0.493 e. The summed E-state index contributed by atoms with van der Waals surface area (Å²) in [6.07, 6.45) is 0.536. The molecular weight excluding hydrogens is 268 g/mol. The molecule has 1 rings (SSSR count). The fourth-order valence-corrected chi connectivity index (χ4v) is 1.84. The van der Waals surface area contributed by atoms with E-state index in [0.717, 1.165) is 11.4 Å². The molecule has 5 nitrogen and oxygen atoms in total. The first-order valence-corrected chi connectivity index (χ1v) is 7.19. The van der Waals surface area contributed by atoms with Gasteiger partial charge in [-0.1, -0.05) is 6.07 Å². The lowest BCUT2D eigenvalue weighted by atomic mass is 9.99. The van der Waals surface area contributed by atoms with Gasteiger partial charge < -0.3 is 19.7 Å². The molecule has 0 amide bonds. The standard InChI is InChI=1S/C16H26N2O3/c1-6-20-15(19)16(2,17-3)10-11-21-14-9-7-8-13(12-14)18(4)5/h7-9,12,17H,6,10-11H2,1-5H3. The molecule has 1 aromatic rings. The molecule has 0 heterocycles. The predicted octanol–water partition coefficient (Wildman–Crippen LogP) is 2.06. The molecule has 0 bridgehead atoms. The number of hydrogen-bond donors (Lipinski definition) is 1. The van der Waals surface area contributed by atoms with Gasteiger partial charge >= 0.3 is 5.97 Å². The molecule has 1 aromatic carbocycles. The Labute approximate surface area is 127 Å². The van der Waals surface area contributed by atoms with E-state index in [4.69, 9.17) is 9.47 Å². The lowest BCUT2D eigenvalue weighted by Gasteiger charge is -2.26. The first kappa shape index (κ1) is 17.3. The third-order valence-corrected chi connectivity index (χ3v) is 3.48. The van der Waals surface area contributed by atoms with Crippen molar-refractivity contribution >= 4 is 11.7 Å². The fourth-order valence-electron chi connectivity index (χ4n) is 1.84. The number of anilines is 1. The number of ether oxygens (including phenoxy) is 2. The van der Waals surface area contributed by atoms with Gasteiger partial charge in [0.2, 0.25) is 0 Å². The van der Waals surface area contributed by atoms with E-state index in [1.807, 2.05) is 50.2 Å². The van der Waals surface area contributed by atoms with Gasteiger partial charge in [0.15, 0.2) is 0 Å². The van der Waals surface area contributed by atoms with E-state index in [1.54, 1.807) is 14.0 Å². The van der Waals surface area contributed by atoms with Gasteiger partial charge in [-0.3, -0.25) is 4.79 Å². The molecule has 0 spiro atoms. The Bertz CT molecular complexity index is 463. The SMILES string of the molecule is CCOC(=O)C(C)(CCOc1cccc(N(C)C)c1)NC. The van der Waals surface area contributed by atoms with Crippen molar-refractivity contribution in [3.8, 4) is 5.75 Å². The number of nitrogens with one attached hydrogen (secondary N) is 1. The van der Waals surface area contributed by atoms with Crippen LogP contribution in [0.3, 0.4) is 0 Å². The lowest BCUT2D eigenvalue weighted by Crippen LogP contribution is -2.49. The molecule has 5 heteroatoms. The second-order valence-electron chi connectivity index (χ2n) is 5.29. The first-order valence-electron chi connectivity index (χ1n) is 7.19. The molecule has 0 radical (unpaired) electrons. The minimum Gasteiger partial charge on any atom is -0.493 e. The molecule has 118 valence electrons. The number of carbonyl (C=O) groups is 1.